The lowest BCUT2D eigenvalue weighted by molar-refractivity contribution is 0.0958. The van der Waals surface area contributed by atoms with E-state index in [1.54, 1.807) is 18.2 Å². The summed E-state index contributed by atoms with van der Waals surface area (Å²) in [4.78, 5) is 12.3. The van der Waals surface area contributed by atoms with E-state index in [1.165, 1.54) is 0 Å². The summed E-state index contributed by atoms with van der Waals surface area (Å²) in [5, 5.41) is 0.775. The van der Waals surface area contributed by atoms with Crippen LogP contribution in [0.15, 0.2) is 18.2 Å². The van der Waals surface area contributed by atoms with E-state index < -0.39 is 0 Å². The molecule has 0 radical (unpaired) electrons. The van der Waals surface area contributed by atoms with Crippen molar-refractivity contribution >= 4 is 29.0 Å². The molecule has 0 saturated heterocycles. The molecule has 0 fully saturated rings. The summed E-state index contributed by atoms with van der Waals surface area (Å²) in [6.45, 7) is 7.20. The third kappa shape index (κ3) is 4.76. The number of halogens is 2. The maximum atomic E-state index is 12.3. The van der Waals surface area contributed by atoms with Gasteiger partial charge in [0.1, 0.15) is 0 Å². The SMILES string of the molecule is CC(C)(C)C(CCN)CCC(=O)c1cccc(Cl)c1Cl. The number of ketones is 1. The molecule has 1 aromatic rings. The molecule has 112 valence electrons. The van der Waals surface area contributed by atoms with Crippen molar-refractivity contribution in [3.63, 3.8) is 0 Å². The number of hydrogen-bond acceptors (Lipinski definition) is 2. The minimum atomic E-state index is 0.0452. The Morgan fingerprint density at radius 1 is 1.25 bits per heavy atom. The van der Waals surface area contributed by atoms with Crippen molar-refractivity contribution in [2.75, 3.05) is 6.54 Å². The number of carbonyl (C=O) groups excluding carboxylic acids is 1. The van der Waals surface area contributed by atoms with E-state index in [1.807, 2.05) is 0 Å². The molecule has 0 aromatic heterocycles. The van der Waals surface area contributed by atoms with Crippen molar-refractivity contribution in [1.82, 2.24) is 0 Å². The van der Waals surface area contributed by atoms with E-state index in [0.717, 1.165) is 12.8 Å². The van der Waals surface area contributed by atoms with Crippen LogP contribution in [0.4, 0.5) is 0 Å². The number of Topliss-reactive ketones (excluding diaryl/α,β-unsaturated/α-hetero) is 1. The van der Waals surface area contributed by atoms with E-state index >= 15 is 0 Å². The predicted octanol–water partition coefficient (Wildman–Crippen LogP) is 4.97. The van der Waals surface area contributed by atoms with Gasteiger partial charge in [0.2, 0.25) is 0 Å². The van der Waals surface area contributed by atoms with Gasteiger partial charge in [0.05, 0.1) is 10.0 Å². The van der Waals surface area contributed by atoms with Crippen LogP contribution in [0.25, 0.3) is 0 Å². The van der Waals surface area contributed by atoms with E-state index in [-0.39, 0.29) is 11.2 Å². The molecule has 0 aliphatic rings. The molecule has 0 amide bonds. The summed E-state index contributed by atoms with van der Waals surface area (Å²) >= 11 is 12.0. The van der Waals surface area contributed by atoms with Crippen molar-refractivity contribution < 1.29 is 4.79 Å². The molecule has 0 bridgehead atoms. The molecule has 0 spiro atoms. The molecule has 0 saturated carbocycles. The molecular weight excluding hydrogens is 293 g/mol. The summed E-state index contributed by atoms with van der Waals surface area (Å²) in [6, 6.07) is 5.17. The van der Waals surface area contributed by atoms with Crippen LogP contribution in [0.1, 0.15) is 50.4 Å². The molecule has 20 heavy (non-hydrogen) atoms. The Bertz CT molecular complexity index is 466. The molecule has 2 nitrogen and oxygen atoms in total. The van der Waals surface area contributed by atoms with Gasteiger partial charge in [0.25, 0.3) is 0 Å². The summed E-state index contributed by atoms with van der Waals surface area (Å²) in [5.41, 5.74) is 6.33. The van der Waals surface area contributed by atoms with E-state index in [0.29, 0.717) is 34.5 Å². The van der Waals surface area contributed by atoms with E-state index in [2.05, 4.69) is 20.8 Å². The topological polar surface area (TPSA) is 43.1 Å². The highest BCUT2D eigenvalue weighted by molar-refractivity contribution is 6.43. The van der Waals surface area contributed by atoms with Crippen molar-refractivity contribution in [2.45, 2.75) is 40.0 Å². The van der Waals surface area contributed by atoms with Gasteiger partial charge in [0.15, 0.2) is 5.78 Å². The Morgan fingerprint density at radius 2 is 1.90 bits per heavy atom. The van der Waals surface area contributed by atoms with Crippen LogP contribution in [-0.4, -0.2) is 12.3 Å². The maximum Gasteiger partial charge on any atom is 0.164 e. The highest BCUT2D eigenvalue weighted by Crippen LogP contribution is 2.33. The zero-order valence-corrected chi connectivity index (χ0v) is 13.9. The molecular formula is C16H23Cl2NO. The minimum Gasteiger partial charge on any atom is -0.330 e. The van der Waals surface area contributed by atoms with Gasteiger partial charge in [-0.2, -0.15) is 0 Å². The van der Waals surface area contributed by atoms with E-state index in [9.17, 15) is 4.79 Å². The highest BCUT2D eigenvalue weighted by Gasteiger charge is 2.25. The summed E-state index contributed by atoms with van der Waals surface area (Å²) in [5.74, 6) is 0.471. The summed E-state index contributed by atoms with van der Waals surface area (Å²) in [6.07, 6.45) is 2.23. The van der Waals surface area contributed by atoms with Gasteiger partial charge >= 0.3 is 0 Å². The summed E-state index contributed by atoms with van der Waals surface area (Å²) in [7, 11) is 0. The second-order valence-corrected chi connectivity index (χ2v) is 6.99. The number of rotatable bonds is 6. The first-order valence-corrected chi connectivity index (χ1v) is 7.70. The van der Waals surface area contributed by atoms with Crippen molar-refractivity contribution in [3.8, 4) is 0 Å². The van der Waals surface area contributed by atoms with Crippen LogP contribution in [0.2, 0.25) is 10.0 Å². The van der Waals surface area contributed by atoms with Crippen LogP contribution < -0.4 is 5.73 Å². The standard InChI is InChI=1S/C16H23Cl2NO/c1-16(2,3)11(9-10-19)7-8-14(20)12-5-4-6-13(17)15(12)18/h4-6,11H,7-10,19H2,1-3H3. The number of hydrogen-bond donors (Lipinski definition) is 1. The van der Waals surface area contributed by atoms with Gasteiger partial charge in [-0.3, -0.25) is 4.79 Å². The number of carbonyl (C=O) groups is 1. The first kappa shape index (κ1) is 17.5. The molecule has 2 N–H and O–H groups in total. The smallest absolute Gasteiger partial charge is 0.164 e. The van der Waals surface area contributed by atoms with Crippen LogP contribution in [-0.2, 0) is 0 Å². The Hall–Kier alpha value is -0.570. The van der Waals surface area contributed by atoms with Gasteiger partial charge in [-0.05, 0) is 42.9 Å². The lowest BCUT2D eigenvalue weighted by Crippen LogP contribution is -2.24. The molecule has 1 unspecified atom stereocenters. The van der Waals surface area contributed by atoms with Crippen LogP contribution in [0.5, 0.6) is 0 Å². The highest BCUT2D eigenvalue weighted by atomic mass is 35.5. The van der Waals surface area contributed by atoms with Crippen LogP contribution in [0, 0.1) is 11.3 Å². The van der Waals surface area contributed by atoms with E-state index in [4.69, 9.17) is 28.9 Å². The lowest BCUT2D eigenvalue weighted by Gasteiger charge is -2.30. The average Bonchev–Trinajstić information content (AvgIpc) is 2.36. The number of nitrogens with two attached hydrogens (primary N) is 1. The molecule has 0 aliphatic heterocycles. The van der Waals surface area contributed by atoms with Gasteiger partial charge in [0, 0.05) is 12.0 Å². The minimum absolute atomic E-state index is 0.0452. The van der Waals surface area contributed by atoms with Crippen molar-refractivity contribution in [1.29, 1.82) is 0 Å². The first-order chi connectivity index (χ1) is 9.27. The fourth-order valence-electron chi connectivity index (χ4n) is 2.37. The molecule has 0 heterocycles. The average molecular weight is 316 g/mol. The fraction of sp³-hybridized carbons (Fsp3) is 0.562. The predicted molar refractivity (Wildman–Crippen MR) is 86.6 cm³/mol. The molecule has 4 heteroatoms. The Kier molecular flexibility index (Phi) is 6.50. The zero-order valence-electron chi connectivity index (χ0n) is 12.4. The monoisotopic (exact) mass is 315 g/mol. The number of benzene rings is 1. The Balaban J connectivity index is 2.73. The van der Waals surface area contributed by atoms with Crippen LogP contribution in [0.3, 0.4) is 0 Å². The lowest BCUT2D eigenvalue weighted by atomic mass is 9.76. The molecule has 1 atom stereocenters. The van der Waals surface area contributed by atoms with Gasteiger partial charge in [-0.1, -0.05) is 50.0 Å². The van der Waals surface area contributed by atoms with Gasteiger partial charge in [-0.15, -0.1) is 0 Å². The molecule has 0 aliphatic carbocycles. The van der Waals surface area contributed by atoms with Crippen molar-refractivity contribution in [3.05, 3.63) is 33.8 Å². The van der Waals surface area contributed by atoms with Gasteiger partial charge < -0.3 is 5.73 Å². The molecule has 1 rings (SSSR count). The Labute approximate surface area is 131 Å². The second kappa shape index (κ2) is 7.44. The maximum absolute atomic E-state index is 12.3. The summed E-state index contributed by atoms with van der Waals surface area (Å²) < 4.78 is 0. The third-order valence-electron chi connectivity index (χ3n) is 3.71. The Morgan fingerprint density at radius 3 is 2.45 bits per heavy atom. The normalized spacial score (nSPS) is 13.3. The van der Waals surface area contributed by atoms with Crippen molar-refractivity contribution in [2.24, 2.45) is 17.1 Å². The van der Waals surface area contributed by atoms with Gasteiger partial charge in [-0.25, -0.2) is 0 Å². The second-order valence-electron chi connectivity index (χ2n) is 6.20. The zero-order chi connectivity index (χ0) is 15.3. The largest absolute Gasteiger partial charge is 0.330 e. The fourth-order valence-corrected chi connectivity index (χ4v) is 2.78. The third-order valence-corrected chi connectivity index (χ3v) is 4.53. The molecule has 1 aromatic carbocycles. The first-order valence-electron chi connectivity index (χ1n) is 6.94. The quantitative estimate of drug-likeness (QED) is 0.753. The van der Waals surface area contributed by atoms with Crippen LogP contribution >= 0.6 is 23.2 Å².